The first kappa shape index (κ1) is 17.4. The summed E-state index contributed by atoms with van der Waals surface area (Å²) in [4.78, 5) is 0. The Balaban J connectivity index is 2.74. The van der Waals surface area contributed by atoms with Gasteiger partial charge in [-0.25, -0.2) is 0 Å². The minimum atomic E-state index is -3.27. The fraction of sp³-hybridized carbons (Fsp3) is 0.333. The van der Waals surface area contributed by atoms with Gasteiger partial charge in [-0.2, -0.15) is 0 Å². The Kier molecular flexibility index (Phi) is 5.17. The van der Waals surface area contributed by atoms with Gasteiger partial charge in [0.15, 0.2) is 0 Å². The second kappa shape index (κ2) is 6.25. The normalized spacial score (nSPS) is 11.8. The van der Waals surface area contributed by atoms with E-state index < -0.39 is 15.0 Å². The van der Waals surface area contributed by atoms with E-state index in [9.17, 15) is 0 Å². The van der Waals surface area contributed by atoms with Crippen LogP contribution in [0.15, 0.2) is 24.3 Å². The molecule has 0 saturated heterocycles. The van der Waals surface area contributed by atoms with Crippen LogP contribution in [0.2, 0.25) is 0 Å². The van der Waals surface area contributed by atoms with Crippen molar-refractivity contribution in [2.45, 2.75) is 41.5 Å². The van der Waals surface area contributed by atoms with Gasteiger partial charge in [-0.3, -0.25) is 0 Å². The molecular formula is C18H22BrClSn. The van der Waals surface area contributed by atoms with Gasteiger partial charge in [0.05, 0.1) is 0 Å². The molecule has 21 heavy (non-hydrogen) atoms. The van der Waals surface area contributed by atoms with Crippen molar-refractivity contribution in [3.8, 4) is 0 Å². The molecule has 112 valence electrons. The molecule has 0 bridgehead atoms. The Labute approximate surface area is 142 Å². The van der Waals surface area contributed by atoms with Crippen LogP contribution >= 0.6 is 21.6 Å². The molecule has 2 aromatic rings. The molecule has 0 N–H and O–H groups in total. The molecule has 0 aromatic heterocycles. The van der Waals surface area contributed by atoms with Crippen LogP contribution in [0.4, 0.5) is 0 Å². The molecule has 0 aliphatic heterocycles. The van der Waals surface area contributed by atoms with Crippen LogP contribution in [-0.4, -0.2) is 15.0 Å². The van der Waals surface area contributed by atoms with Gasteiger partial charge in [-0.1, -0.05) is 0 Å². The standard InChI is InChI=1S/2C9H11.BrH.ClH.Sn/c2*1-7-4-8(2)6-9(3)5-7;;;/h2*4-5H,1-3H3;2*1H;/q;;;;+2/p-2. The molecule has 2 aromatic carbocycles. The molecule has 2 rings (SSSR count). The molecule has 0 nitrogen and oxygen atoms in total. The van der Waals surface area contributed by atoms with E-state index in [1.165, 1.54) is 40.5 Å². The van der Waals surface area contributed by atoms with E-state index >= 15 is 0 Å². The van der Waals surface area contributed by atoms with Crippen LogP contribution < -0.4 is 7.16 Å². The minimum absolute atomic E-state index is 1.30. The molecule has 0 radical (unpaired) electrons. The Bertz CT molecular complexity index is 599. The first-order valence-corrected chi connectivity index (χ1v) is 20.1. The van der Waals surface area contributed by atoms with E-state index in [1.54, 1.807) is 0 Å². The molecule has 0 unspecified atom stereocenters. The van der Waals surface area contributed by atoms with E-state index in [4.69, 9.17) is 8.92 Å². The summed E-state index contributed by atoms with van der Waals surface area (Å²) in [5.41, 5.74) is 7.86. The molecule has 0 amide bonds. The molecule has 0 atom stereocenters. The summed E-state index contributed by atoms with van der Waals surface area (Å²) in [6.07, 6.45) is 0. The van der Waals surface area contributed by atoms with Gasteiger partial charge in [0.25, 0.3) is 0 Å². The van der Waals surface area contributed by atoms with Crippen LogP contribution in [0.1, 0.15) is 33.4 Å². The number of hydrogen-bond donors (Lipinski definition) is 0. The van der Waals surface area contributed by atoms with Gasteiger partial charge in [-0.15, -0.1) is 0 Å². The zero-order chi connectivity index (χ0) is 15.9. The van der Waals surface area contributed by atoms with Gasteiger partial charge >= 0.3 is 143 Å². The van der Waals surface area contributed by atoms with Crippen molar-refractivity contribution in [3.63, 3.8) is 0 Å². The fourth-order valence-corrected chi connectivity index (χ4v) is 23.1. The Morgan fingerprint density at radius 1 is 0.667 bits per heavy atom. The summed E-state index contributed by atoms with van der Waals surface area (Å²) in [5.74, 6) is 0. The first-order valence-electron chi connectivity index (χ1n) is 7.19. The van der Waals surface area contributed by atoms with Crippen LogP contribution in [0.25, 0.3) is 0 Å². The number of hydrogen-bond acceptors (Lipinski definition) is 0. The second-order valence-electron chi connectivity index (χ2n) is 6.12. The fourth-order valence-electron chi connectivity index (χ4n) is 3.48. The van der Waals surface area contributed by atoms with E-state index in [-0.39, 0.29) is 0 Å². The van der Waals surface area contributed by atoms with Crippen molar-refractivity contribution in [1.82, 2.24) is 0 Å². The molecule has 3 heteroatoms. The van der Waals surface area contributed by atoms with E-state index in [0.29, 0.717) is 0 Å². The predicted molar refractivity (Wildman–Crippen MR) is 101 cm³/mol. The topological polar surface area (TPSA) is 0 Å². The summed E-state index contributed by atoms with van der Waals surface area (Å²) in [6.45, 7) is 13.0. The Morgan fingerprint density at radius 3 is 1.14 bits per heavy atom. The molecule has 0 spiro atoms. The predicted octanol–water partition coefficient (Wildman–Crippen LogP) is 4.73. The van der Waals surface area contributed by atoms with Gasteiger partial charge in [0.1, 0.15) is 0 Å². The molecule has 0 heterocycles. The number of aryl methyl sites for hydroxylation is 6. The van der Waals surface area contributed by atoms with Crippen LogP contribution in [0, 0.1) is 41.5 Å². The van der Waals surface area contributed by atoms with E-state index in [1.807, 2.05) is 0 Å². The van der Waals surface area contributed by atoms with Gasteiger partial charge in [-0.05, 0) is 0 Å². The average molecular weight is 472 g/mol. The van der Waals surface area contributed by atoms with Crippen molar-refractivity contribution < 1.29 is 0 Å². The third kappa shape index (κ3) is 3.35. The third-order valence-electron chi connectivity index (χ3n) is 3.98. The maximum atomic E-state index is 7.24. The van der Waals surface area contributed by atoms with Gasteiger partial charge in [0, 0.05) is 0 Å². The Morgan fingerprint density at radius 2 is 0.905 bits per heavy atom. The average Bonchev–Trinajstić information content (AvgIpc) is 2.23. The molecule has 0 aliphatic rings. The van der Waals surface area contributed by atoms with Crippen molar-refractivity contribution in [1.29, 1.82) is 0 Å². The summed E-state index contributed by atoms with van der Waals surface area (Å²) in [6, 6.07) is 8.99. The van der Waals surface area contributed by atoms with Crippen LogP contribution in [0.3, 0.4) is 0 Å². The van der Waals surface area contributed by atoms with E-state index in [0.717, 1.165) is 0 Å². The van der Waals surface area contributed by atoms with Gasteiger partial charge < -0.3 is 0 Å². The summed E-state index contributed by atoms with van der Waals surface area (Å²) < 4.78 is 2.73. The SMILES string of the molecule is Cc1cc(C)[c]([Sn]([Cl])([Br])[c]2c(C)cc(C)cc2C)c(C)c1. The molecule has 0 aliphatic carbocycles. The maximum absolute atomic E-state index is 7.24. The second-order valence-corrected chi connectivity index (χ2v) is 27.1. The van der Waals surface area contributed by atoms with E-state index in [2.05, 4.69) is 78.5 Å². The van der Waals surface area contributed by atoms with Crippen LogP contribution in [-0.2, 0) is 0 Å². The zero-order valence-corrected chi connectivity index (χ0v) is 18.8. The van der Waals surface area contributed by atoms with Crippen molar-refractivity contribution in [2.24, 2.45) is 0 Å². The zero-order valence-electron chi connectivity index (χ0n) is 13.6. The molecular weight excluding hydrogens is 450 g/mol. The van der Waals surface area contributed by atoms with Crippen LogP contribution in [0.5, 0.6) is 0 Å². The monoisotopic (exact) mass is 472 g/mol. The third-order valence-corrected chi connectivity index (χ3v) is 19.9. The summed E-state index contributed by atoms with van der Waals surface area (Å²) in [7, 11) is 7.24. The Hall–Kier alpha value is 0.00870. The summed E-state index contributed by atoms with van der Waals surface area (Å²) >= 11 is 0.755. The molecule has 0 fully saturated rings. The van der Waals surface area contributed by atoms with Gasteiger partial charge in [0.2, 0.25) is 0 Å². The number of benzene rings is 2. The number of halogens is 2. The quantitative estimate of drug-likeness (QED) is 0.555. The number of rotatable bonds is 2. The van der Waals surface area contributed by atoms with Crippen molar-refractivity contribution >= 4 is 43.8 Å². The molecule has 0 saturated carbocycles. The van der Waals surface area contributed by atoms with Crippen molar-refractivity contribution in [2.75, 3.05) is 0 Å². The summed E-state index contributed by atoms with van der Waals surface area (Å²) in [5, 5.41) is 0. The van der Waals surface area contributed by atoms with Crippen molar-refractivity contribution in [3.05, 3.63) is 57.6 Å². The first-order chi connectivity index (χ1) is 9.64.